The lowest BCUT2D eigenvalue weighted by molar-refractivity contribution is 0.0762. The molecule has 0 saturated carbocycles. The van der Waals surface area contributed by atoms with Crippen LogP contribution < -0.4 is 4.74 Å². The molecule has 26 heavy (non-hydrogen) atoms. The number of hydrogen-bond donors (Lipinski definition) is 0. The molecular formula is C18H20ClN5O2. The Morgan fingerprint density at radius 2 is 2.08 bits per heavy atom. The zero-order chi connectivity index (χ0) is 18.7. The highest BCUT2D eigenvalue weighted by Crippen LogP contribution is 2.23. The minimum atomic E-state index is -0.145. The molecule has 3 rings (SSSR count). The molecule has 0 unspecified atom stereocenters. The van der Waals surface area contributed by atoms with Crippen molar-refractivity contribution < 1.29 is 9.53 Å². The normalized spacial score (nSPS) is 10.8. The second-order valence-corrected chi connectivity index (χ2v) is 6.40. The fourth-order valence-electron chi connectivity index (χ4n) is 2.64. The Morgan fingerprint density at radius 3 is 2.77 bits per heavy atom. The van der Waals surface area contributed by atoms with Crippen LogP contribution in [0.1, 0.15) is 21.7 Å². The second-order valence-electron chi connectivity index (χ2n) is 5.99. The first-order valence-corrected chi connectivity index (χ1v) is 8.47. The van der Waals surface area contributed by atoms with E-state index >= 15 is 0 Å². The minimum Gasteiger partial charge on any atom is -0.470 e. The molecule has 0 fully saturated rings. The van der Waals surface area contributed by atoms with Crippen LogP contribution in [-0.2, 0) is 20.3 Å². The van der Waals surface area contributed by atoms with E-state index in [9.17, 15) is 4.79 Å². The van der Waals surface area contributed by atoms with Gasteiger partial charge in [-0.05, 0) is 25.1 Å². The summed E-state index contributed by atoms with van der Waals surface area (Å²) in [5, 5.41) is 8.99. The molecule has 136 valence electrons. The van der Waals surface area contributed by atoms with Gasteiger partial charge in [0.15, 0.2) is 6.73 Å². The van der Waals surface area contributed by atoms with Gasteiger partial charge in [-0.3, -0.25) is 9.48 Å². The number of nitrogens with zero attached hydrogens (tertiary/aromatic N) is 5. The molecule has 7 nitrogen and oxygen atoms in total. The Bertz CT molecular complexity index is 918. The van der Waals surface area contributed by atoms with Crippen LogP contribution in [0.4, 0.5) is 0 Å². The summed E-state index contributed by atoms with van der Waals surface area (Å²) in [7, 11) is 3.61. The van der Waals surface area contributed by atoms with Gasteiger partial charge in [-0.2, -0.15) is 10.2 Å². The lowest BCUT2D eigenvalue weighted by atomic mass is 10.2. The quantitative estimate of drug-likeness (QED) is 0.666. The molecule has 0 aliphatic rings. The van der Waals surface area contributed by atoms with E-state index in [2.05, 4.69) is 10.2 Å². The van der Waals surface area contributed by atoms with E-state index in [0.29, 0.717) is 23.0 Å². The molecule has 1 amide bonds. The summed E-state index contributed by atoms with van der Waals surface area (Å²) in [6.45, 7) is 2.49. The van der Waals surface area contributed by atoms with Crippen LogP contribution >= 0.6 is 11.6 Å². The number of carbonyl (C=O) groups is 1. The Balaban J connectivity index is 1.69. The molecule has 0 bridgehead atoms. The first-order chi connectivity index (χ1) is 12.5. The number of para-hydroxylation sites is 1. The number of hydrogen-bond acceptors (Lipinski definition) is 4. The highest BCUT2D eigenvalue weighted by atomic mass is 35.5. The Hall–Kier alpha value is -2.80. The van der Waals surface area contributed by atoms with E-state index in [1.807, 2.05) is 32.3 Å². The number of carbonyl (C=O) groups excluding carboxylic acids is 1. The number of benzene rings is 1. The van der Waals surface area contributed by atoms with Crippen molar-refractivity contribution in [3.8, 4) is 5.75 Å². The van der Waals surface area contributed by atoms with Gasteiger partial charge in [-0.15, -0.1) is 0 Å². The summed E-state index contributed by atoms with van der Waals surface area (Å²) in [4.78, 5) is 14.4. The third-order valence-electron chi connectivity index (χ3n) is 3.98. The number of ether oxygens (including phenoxy) is 1. The Labute approximate surface area is 156 Å². The van der Waals surface area contributed by atoms with E-state index in [0.717, 1.165) is 11.3 Å². The predicted octanol–water partition coefficient (Wildman–Crippen LogP) is 2.89. The number of aromatic nitrogens is 4. The maximum absolute atomic E-state index is 12.8. The predicted molar refractivity (Wildman–Crippen MR) is 98.0 cm³/mol. The van der Waals surface area contributed by atoms with Crippen molar-refractivity contribution >= 4 is 17.5 Å². The smallest absolute Gasteiger partial charge is 0.272 e. The summed E-state index contributed by atoms with van der Waals surface area (Å²) >= 11 is 6.09. The zero-order valence-corrected chi connectivity index (χ0v) is 15.6. The number of halogens is 1. The van der Waals surface area contributed by atoms with Crippen molar-refractivity contribution in [3.05, 3.63) is 64.7 Å². The van der Waals surface area contributed by atoms with Crippen molar-refractivity contribution in [1.29, 1.82) is 0 Å². The zero-order valence-electron chi connectivity index (χ0n) is 14.9. The van der Waals surface area contributed by atoms with Crippen LogP contribution in [0.5, 0.6) is 5.75 Å². The molecule has 0 aliphatic heterocycles. The van der Waals surface area contributed by atoms with E-state index in [-0.39, 0.29) is 12.6 Å². The van der Waals surface area contributed by atoms with Gasteiger partial charge >= 0.3 is 0 Å². The van der Waals surface area contributed by atoms with Gasteiger partial charge < -0.3 is 9.64 Å². The van der Waals surface area contributed by atoms with Crippen molar-refractivity contribution in [2.75, 3.05) is 7.05 Å². The molecule has 0 N–H and O–H groups in total. The third kappa shape index (κ3) is 3.88. The summed E-state index contributed by atoms with van der Waals surface area (Å²) in [5.41, 5.74) is 2.35. The maximum atomic E-state index is 12.8. The number of rotatable bonds is 6. The fourth-order valence-corrected chi connectivity index (χ4v) is 2.83. The first-order valence-electron chi connectivity index (χ1n) is 8.09. The lowest BCUT2D eigenvalue weighted by Gasteiger charge is -2.18. The van der Waals surface area contributed by atoms with Crippen molar-refractivity contribution in [1.82, 2.24) is 24.5 Å². The van der Waals surface area contributed by atoms with Gasteiger partial charge in [0, 0.05) is 38.6 Å². The average Bonchev–Trinajstić information content (AvgIpc) is 3.19. The second kappa shape index (κ2) is 7.61. The summed E-state index contributed by atoms with van der Waals surface area (Å²) in [6.07, 6.45) is 3.49. The molecule has 0 spiro atoms. The maximum Gasteiger partial charge on any atom is 0.272 e. The van der Waals surface area contributed by atoms with E-state index < -0.39 is 0 Å². The van der Waals surface area contributed by atoms with E-state index in [4.69, 9.17) is 16.3 Å². The molecule has 0 radical (unpaired) electrons. The highest BCUT2D eigenvalue weighted by Gasteiger charge is 2.18. The van der Waals surface area contributed by atoms with Gasteiger partial charge in [0.25, 0.3) is 5.91 Å². The molecule has 0 atom stereocenters. The van der Waals surface area contributed by atoms with Gasteiger partial charge in [0.05, 0.1) is 10.7 Å². The van der Waals surface area contributed by atoms with Crippen molar-refractivity contribution in [2.24, 2.45) is 7.05 Å². The number of amides is 1. The molecule has 0 saturated heterocycles. The molecule has 3 aromatic rings. The Kier molecular flexibility index (Phi) is 5.27. The Morgan fingerprint density at radius 1 is 1.31 bits per heavy atom. The van der Waals surface area contributed by atoms with Crippen LogP contribution in [0.2, 0.25) is 5.02 Å². The standard InChI is InChI=1S/C18H20ClN5O2/c1-13-14(11-23(3)21-13)10-22(2)18(25)16-8-9-20-24(16)12-26-17-7-5-4-6-15(17)19/h4-9,11H,10,12H2,1-3H3. The SMILES string of the molecule is Cc1nn(C)cc1CN(C)C(=O)c1ccnn1COc1ccccc1Cl. The van der Waals surface area contributed by atoms with Gasteiger partial charge in [-0.25, -0.2) is 4.68 Å². The highest BCUT2D eigenvalue weighted by molar-refractivity contribution is 6.32. The van der Waals surface area contributed by atoms with Crippen LogP contribution in [0, 0.1) is 6.92 Å². The van der Waals surface area contributed by atoms with Crippen LogP contribution in [0.3, 0.4) is 0 Å². The van der Waals surface area contributed by atoms with Gasteiger partial charge in [-0.1, -0.05) is 23.7 Å². The summed E-state index contributed by atoms with van der Waals surface area (Å²) in [5.74, 6) is 0.399. The van der Waals surface area contributed by atoms with Gasteiger partial charge in [0.1, 0.15) is 11.4 Å². The third-order valence-corrected chi connectivity index (χ3v) is 4.30. The van der Waals surface area contributed by atoms with Crippen molar-refractivity contribution in [3.63, 3.8) is 0 Å². The first kappa shape index (κ1) is 18.0. The molecule has 8 heteroatoms. The van der Waals surface area contributed by atoms with Crippen LogP contribution in [0.25, 0.3) is 0 Å². The van der Waals surface area contributed by atoms with Crippen LogP contribution in [-0.4, -0.2) is 37.4 Å². The molecule has 2 heterocycles. The fraction of sp³-hybridized carbons (Fsp3) is 0.278. The average molecular weight is 374 g/mol. The molecule has 2 aromatic heterocycles. The van der Waals surface area contributed by atoms with E-state index in [1.54, 1.807) is 41.0 Å². The molecular weight excluding hydrogens is 354 g/mol. The monoisotopic (exact) mass is 373 g/mol. The van der Waals surface area contributed by atoms with E-state index in [1.165, 1.54) is 4.68 Å². The largest absolute Gasteiger partial charge is 0.470 e. The lowest BCUT2D eigenvalue weighted by Crippen LogP contribution is -2.29. The topological polar surface area (TPSA) is 65.2 Å². The van der Waals surface area contributed by atoms with Crippen molar-refractivity contribution in [2.45, 2.75) is 20.2 Å². The molecule has 1 aromatic carbocycles. The minimum absolute atomic E-state index is 0.0948. The molecule has 0 aliphatic carbocycles. The van der Waals surface area contributed by atoms with Gasteiger partial charge in [0.2, 0.25) is 0 Å². The van der Waals surface area contributed by atoms with Crippen LogP contribution in [0.15, 0.2) is 42.7 Å². The number of aryl methyl sites for hydroxylation is 2. The summed E-state index contributed by atoms with van der Waals surface area (Å²) < 4.78 is 8.93. The summed E-state index contributed by atoms with van der Waals surface area (Å²) in [6, 6.07) is 8.85.